The van der Waals surface area contributed by atoms with E-state index in [9.17, 15) is 8.42 Å². The fourth-order valence-electron chi connectivity index (χ4n) is 2.92. The zero-order valence-corrected chi connectivity index (χ0v) is 14.2. The predicted molar refractivity (Wildman–Crippen MR) is 86.3 cm³/mol. The maximum absolute atomic E-state index is 12.8. The molecule has 0 amide bonds. The van der Waals surface area contributed by atoms with Crippen LogP contribution in [0.4, 0.5) is 0 Å². The van der Waals surface area contributed by atoms with Crippen molar-refractivity contribution in [2.24, 2.45) is 0 Å². The van der Waals surface area contributed by atoms with Crippen molar-refractivity contribution in [1.82, 2.24) is 24.4 Å². The van der Waals surface area contributed by atoms with E-state index in [0.717, 1.165) is 19.6 Å². The van der Waals surface area contributed by atoms with Crippen molar-refractivity contribution < 1.29 is 8.42 Å². The van der Waals surface area contributed by atoms with Gasteiger partial charge in [-0.1, -0.05) is 0 Å². The van der Waals surface area contributed by atoms with Crippen LogP contribution in [-0.4, -0.2) is 59.0 Å². The van der Waals surface area contributed by atoms with Gasteiger partial charge in [-0.2, -0.15) is 9.40 Å². The molecule has 0 radical (unpaired) electrons. The van der Waals surface area contributed by atoms with Gasteiger partial charge >= 0.3 is 0 Å². The molecule has 1 aliphatic heterocycles. The molecule has 1 aliphatic rings. The van der Waals surface area contributed by atoms with Crippen molar-refractivity contribution in [2.75, 3.05) is 26.2 Å². The highest BCUT2D eigenvalue weighted by Gasteiger charge is 2.32. The van der Waals surface area contributed by atoms with Crippen molar-refractivity contribution in [3.63, 3.8) is 0 Å². The number of aromatic nitrogens is 3. The normalized spacial score (nSPS) is 17.5. The second kappa shape index (κ2) is 6.38. The monoisotopic (exact) mass is 335 g/mol. The molecular weight excluding hydrogens is 314 g/mol. The van der Waals surface area contributed by atoms with Crippen molar-refractivity contribution in [3.05, 3.63) is 41.5 Å². The van der Waals surface area contributed by atoms with Gasteiger partial charge in [0.1, 0.15) is 4.90 Å². The second-order valence-electron chi connectivity index (χ2n) is 5.80. The molecule has 0 unspecified atom stereocenters. The van der Waals surface area contributed by atoms with Crippen LogP contribution < -0.4 is 0 Å². The topological polar surface area (TPSA) is 82.2 Å². The molecule has 0 aliphatic carbocycles. The first kappa shape index (κ1) is 16.1. The summed E-state index contributed by atoms with van der Waals surface area (Å²) in [6.45, 7) is 6.72. The third-order valence-corrected chi connectivity index (χ3v) is 6.31. The highest BCUT2D eigenvalue weighted by molar-refractivity contribution is 7.89. The summed E-state index contributed by atoms with van der Waals surface area (Å²) in [6.07, 6.45) is 3.56. The molecule has 3 heterocycles. The van der Waals surface area contributed by atoms with E-state index in [1.165, 1.54) is 5.56 Å². The molecule has 1 saturated heterocycles. The van der Waals surface area contributed by atoms with Crippen molar-refractivity contribution in [1.29, 1.82) is 0 Å². The Morgan fingerprint density at radius 1 is 1.13 bits per heavy atom. The molecule has 124 valence electrons. The molecule has 0 saturated carbocycles. The summed E-state index contributed by atoms with van der Waals surface area (Å²) in [5, 5.41) is 6.75. The number of aromatic amines is 1. The first-order valence-electron chi connectivity index (χ1n) is 7.61. The number of nitrogens with zero attached hydrogens (tertiary/aromatic N) is 4. The second-order valence-corrected chi connectivity index (χ2v) is 7.67. The van der Waals surface area contributed by atoms with Crippen LogP contribution in [0.1, 0.15) is 17.0 Å². The third kappa shape index (κ3) is 3.29. The molecule has 8 heteroatoms. The lowest BCUT2D eigenvalue weighted by atomic mass is 10.2. The van der Waals surface area contributed by atoms with Gasteiger partial charge in [-0.15, -0.1) is 0 Å². The van der Waals surface area contributed by atoms with Gasteiger partial charge in [0.25, 0.3) is 0 Å². The lowest BCUT2D eigenvalue weighted by Crippen LogP contribution is -2.48. The molecule has 3 rings (SSSR count). The van der Waals surface area contributed by atoms with Gasteiger partial charge < -0.3 is 0 Å². The average Bonchev–Trinajstić information content (AvgIpc) is 2.88. The molecule has 0 spiro atoms. The van der Waals surface area contributed by atoms with Gasteiger partial charge in [0, 0.05) is 45.1 Å². The number of H-pyrrole nitrogens is 1. The van der Waals surface area contributed by atoms with E-state index in [2.05, 4.69) is 20.1 Å². The molecule has 1 N–H and O–H groups in total. The smallest absolute Gasteiger partial charge is 0.246 e. The summed E-state index contributed by atoms with van der Waals surface area (Å²) in [7, 11) is -3.47. The van der Waals surface area contributed by atoms with Gasteiger partial charge in [-0.05, 0) is 31.5 Å². The van der Waals surface area contributed by atoms with E-state index < -0.39 is 10.0 Å². The zero-order valence-electron chi connectivity index (χ0n) is 13.4. The Hall–Kier alpha value is -1.77. The molecule has 23 heavy (non-hydrogen) atoms. The number of aryl methyl sites for hydroxylation is 2. The van der Waals surface area contributed by atoms with Crippen LogP contribution in [0.5, 0.6) is 0 Å². The van der Waals surface area contributed by atoms with E-state index in [4.69, 9.17) is 0 Å². The van der Waals surface area contributed by atoms with Crippen LogP contribution in [0, 0.1) is 13.8 Å². The van der Waals surface area contributed by atoms with Gasteiger partial charge in [0.05, 0.1) is 11.4 Å². The number of piperazine rings is 1. The van der Waals surface area contributed by atoms with Crippen LogP contribution >= 0.6 is 0 Å². The van der Waals surface area contributed by atoms with Crippen molar-refractivity contribution in [3.8, 4) is 0 Å². The first-order chi connectivity index (χ1) is 11.0. The third-order valence-electron chi connectivity index (χ3n) is 4.15. The van der Waals surface area contributed by atoms with Gasteiger partial charge in [-0.3, -0.25) is 15.0 Å². The van der Waals surface area contributed by atoms with Gasteiger partial charge in [0.2, 0.25) is 10.0 Å². The standard InChI is InChI=1S/C15H21N5O2S/c1-12-15(13(2)18-17-12)23(21,22)20-9-7-19(8-10-20)11-14-3-5-16-6-4-14/h3-6H,7-11H2,1-2H3,(H,17,18). The number of sulfonamides is 1. The van der Waals surface area contributed by atoms with E-state index in [0.29, 0.717) is 29.4 Å². The number of rotatable bonds is 4. The Kier molecular flexibility index (Phi) is 4.47. The van der Waals surface area contributed by atoms with Crippen molar-refractivity contribution in [2.45, 2.75) is 25.3 Å². The summed E-state index contributed by atoms with van der Waals surface area (Å²) >= 11 is 0. The van der Waals surface area contributed by atoms with E-state index >= 15 is 0 Å². The van der Waals surface area contributed by atoms with E-state index in [1.807, 2.05) is 12.1 Å². The average molecular weight is 335 g/mol. The minimum absolute atomic E-state index is 0.320. The van der Waals surface area contributed by atoms with Crippen LogP contribution in [0.2, 0.25) is 0 Å². The Labute approximate surface area is 136 Å². The molecule has 1 fully saturated rings. The quantitative estimate of drug-likeness (QED) is 0.899. The highest BCUT2D eigenvalue weighted by atomic mass is 32.2. The Balaban J connectivity index is 1.67. The Morgan fingerprint density at radius 2 is 1.78 bits per heavy atom. The minimum Gasteiger partial charge on any atom is -0.296 e. The van der Waals surface area contributed by atoms with Crippen LogP contribution in [0.15, 0.2) is 29.4 Å². The summed E-state index contributed by atoms with van der Waals surface area (Å²) in [4.78, 5) is 6.59. The highest BCUT2D eigenvalue weighted by Crippen LogP contribution is 2.23. The molecule has 0 bridgehead atoms. The Morgan fingerprint density at radius 3 is 2.35 bits per heavy atom. The molecule has 7 nitrogen and oxygen atoms in total. The van der Waals surface area contributed by atoms with E-state index in [1.54, 1.807) is 30.5 Å². The Bertz CT molecular complexity index is 745. The molecule has 0 atom stereocenters. The number of hydrogen-bond donors (Lipinski definition) is 1. The van der Waals surface area contributed by atoms with Crippen LogP contribution in [-0.2, 0) is 16.6 Å². The number of nitrogens with one attached hydrogen (secondary N) is 1. The summed E-state index contributed by atoms with van der Waals surface area (Å²) < 4.78 is 27.1. The maximum atomic E-state index is 12.8. The largest absolute Gasteiger partial charge is 0.296 e. The summed E-state index contributed by atoms with van der Waals surface area (Å²) in [5.41, 5.74) is 2.32. The first-order valence-corrected chi connectivity index (χ1v) is 9.05. The van der Waals surface area contributed by atoms with Crippen molar-refractivity contribution >= 4 is 10.0 Å². The fourth-order valence-corrected chi connectivity index (χ4v) is 4.68. The lowest BCUT2D eigenvalue weighted by molar-refractivity contribution is 0.181. The van der Waals surface area contributed by atoms with Crippen LogP contribution in [0.25, 0.3) is 0 Å². The zero-order chi connectivity index (χ0) is 16.4. The minimum atomic E-state index is -3.47. The molecule has 2 aromatic heterocycles. The SMILES string of the molecule is Cc1n[nH]c(C)c1S(=O)(=O)N1CCN(Cc2ccncc2)CC1. The molecular formula is C15H21N5O2S. The van der Waals surface area contributed by atoms with Crippen LogP contribution in [0.3, 0.4) is 0 Å². The number of hydrogen-bond acceptors (Lipinski definition) is 5. The summed E-state index contributed by atoms with van der Waals surface area (Å²) in [5.74, 6) is 0. The molecule has 0 aromatic carbocycles. The summed E-state index contributed by atoms with van der Waals surface area (Å²) in [6, 6.07) is 3.97. The fraction of sp³-hybridized carbons (Fsp3) is 0.467. The van der Waals surface area contributed by atoms with Gasteiger partial charge in [0.15, 0.2) is 0 Å². The van der Waals surface area contributed by atoms with Gasteiger partial charge in [-0.25, -0.2) is 8.42 Å². The maximum Gasteiger partial charge on any atom is 0.246 e. The molecule has 2 aromatic rings. The number of pyridine rings is 1. The lowest BCUT2D eigenvalue weighted by Gasteiger charge is -2.34. The predicted octanol–water partition coefficient (Wildman–Crippen LogP) is 0.928. The van der Waals surface area contributed by atoms with E-state index in [-0.39, 0.29) is 0 Å².